The van der Waals surface area contributed by atoms with Gasteiger partial charge in [-0.25, -0.2) is 4.39 Å². The zero-order valence-corrected chi connectivity index (χ0v) is 17.6. The Balaban J connectivity index is 0.00000576. The molecule has 0 atom stereocenters. The molecule has 1 aromatic rings. The van der Waals surface area contributed by atoms with Gasteiger partial charge < -0.3 is 20.1 Å². The van der Waals surface area contributed by atoms with Gasteiger partial charge in [-0.05, 0) is 43.9 Å². The Morgan fingerprint density at radius 2 is 1.84 bits per heavy atom. The Labute approximate surface area is 167 Å². The molecule has 0 spiro atoms. The smallest absolute Gasteiger partial charge is 0.191 e. The van der Waals surface area contributed by atoms with E-state index in [1.165, 1.54) is 12.1 Å². The molecule has 0 aromatic heterocycles. The molecule has 0 radical (unpaired) electrons. The van der Waals surface area contributed by atoms with E-state index in [1.807, 2.05) is 19.1 Å². The average Bonchev–Trinajstić information content (AvgIpc) is 2.59. The maximum Gasteiger partial charge on any atom is 0.191 e. The molecule has 0 aliphatic rings. The van der Waals surface area contributed by atoms with E-state index in [0.29, 0.717) is 13.2 Å². The van der Waals surface area contributed by atoms with Gasteiger partial charge in [0.25, 0.3) is 0 Å². The van der Waals surface area contributed by atoms with Crippen LogP contribution in [0.1, 0.15) is 25.3 Å². The number of aliphatic imine (C=N–C) groups is 1. The van der Waals surface area contributed by atoms with E-state index in [1.54, 1.807) is 7.11 Å². The number of ether oxygens (including phenoxy) is 2. The first-order valence-corrected chi connectivity index (χ1v) is 8.59. The monoisotopic (exact) mass is 467 g/mol. The molecular weight excluding hydrogens is 436 g/mol. The lowest BCUT2D eigenvalue weighted by Crippen LogP contribution is -2.38. The van der Waals surface area contributed by atoms with Gasteiger partial charge in [0, 0.05) is 33.4 Å². The standard InChI is InChI=1S/C18H30FN3O2.HI/c1-3-20-18(21-11-4-5-13-24-15-14-23-2)22-12-10-16-6-8-17(19)9-7-16;/h6-9H,3-5,10-15H2,1-2H3,(H2,20,21,22);1H. The average molecular weight is 467 g/mol. The van der Waals surface area contributed by atoms with Crippen LogP contribution in [-0.2, 0) is 15.9 Å². The van der Waals surface area contributed by atoms with Crippen LogP contribution in [0.4, 0.5) is 4.39 Å². The molecule has 144 valence electrons. The Morgan fingerprint density at radius 3 is 2.52 bits per heavy atom. The highest BCUT2D eigenvalue weighted by atomic mass is 127. The Hall–Kier alpha value is -0.930. The van der Waals surface area contributed by atoms with E-state index in [9.17, 15) is 4.39 Å². The van der Waals surface area contributed by atoms with Crippen LogP contribution >= 0.6 is 24.0 Å². The van der Waals surface area contributed by atoms with Crippen molar-refractivity contribution in [1.29, 1.82) is 0 Å². The molecule has 0 bridgehead atoms. The second kappa shape index (κ2) is 16.5. The van der Waals surface area contributed by atoms with E-state index < -0.39 is 0 Å². The Kier molecular flexibility index (Phi) is 15.9. The second-order valence-electron chi connectivity index (χ2n) is 5.38. The summed E-state index contributed by atoms with van der Waals surface area (Å²) < 4.78 is 23.2. The molecule has 0 amide bonds. The molecule has 0 unspecified atom stereocenters. The van der Waals surface area contributed by atoms with Gasteiger partial charge in [0.05, 0.1) is 13.2 Å². The van der Waals surface area contributed by atoms with Crippen molar-refractivity contribution in [3.8, 4) is 0 Å². The van der Waals surface area contributed by atoms with E-state index >= 15 is 0 Å². The summed E-state index contributed by atoms with van der Waals surface area (Å²) in [6.45, 7) is 6.42. The SMILES string of the molecule is CCNC(=NCCCCOCCOC)NCCc1ccc(F)cc1.I. The van der Waals surface area contributed by atoms with Crippen molar-refractivity contribution in [2.45, 2.75) is 26.2 Å². The van der Waals surface area contributed by atoms with E-state index in [4.69, 9.17) is 9.47 Å². The Morgan fingerprint density at radius 1 is 1.08 bits per heavy atom. The second-order valence-corrected chi connectivity index (χ2v) is 5.38. The van der Waals surface area contributed by atoms with Gasteiger partial charge in [-0.15, -0.1) is 24.0 Å². The summed E-state index contributed by atoms with van der Waals surface area (Å²) in [5, 5.41) is 6.53. The van der Waals surface area contributed by atoms with Crippen LogP contribution in [0.2, 0.25) is 0 Å². The van der Waals surface area contributed by atoms with Crippen molar-refractivity contribution < 1.29 is 13.9 Å². The minimum absolute atomic E-state index is 0. The van der Waals surface area contributed by atoms with Gasteiger partial charge in [-0.2, -0.15) is 0 Å². The lowest BCUT2D eigenvalue weighted by Gasteiger charge is -2.11. The number of benzene rings is 1. The minimum Gasteiger partial charge on any atom is -0.382 e. The summed E-state index contributed by atoms with van der Waals surface area (Å²) in [4.78, 5) is 4.55. The van der Waals surface area contributed by atoms with E-state index in [-0.39, 0.29) is 29.8 Å². The predicted molar refractivity (Wildman–Crippen MR) is 111 cm³/mol. The number of hydrogen-bond donors (Lipinski definition) is 2. The first kappa shape index (κ1) is 24.1. The molecule has 5 nitrogen and oxygen atoms in total. The van der Waals surface area contributed by atoms with Crippen LogP contribution < -0.4 is 10.6 Å². The molecule has 7 heteroatoms. The van der Waals surface area contributed by atoms with Crippen molar-refractivity contribution in [3.63, 3.8) is 0 Å². The van der Waals surface area contributed by atoms with Gasteiger partial charge in [-0.1, -0.05) is 12.1 Å². The molecule has 0 saturated carbocycles. The maximum atomic E-state index is 12.9. The number of halogens is 2. The predicted octanol–water partition coefficient (Wildman–Crippen LogP) is 2.98. The van der Waals surface area contributed by atoms with Gasteiger partial charge in [-0.3, -0.25) is 4.99 Å². The van der Waals surface area contributed by atoms with Crippen LogP contribution in [0.3, 0.4) is 0 Å². The third-order valence-electron chi connectivity index (χ3n) is 3.36. The summed E-state index contributed by atoms with van der Waals surface area (Å²) in [5.41, 5.74) is 1.10. The van der Waals surface area contributed by atoms with Crippen molar-refractivity contribution in [3.05, 3.63) is 35.6 Å². The summed E-state index contributed by atoms with van der Waals surface area (Å²) >= 11 is 0. The lowest BCUT2D eigenvalue weighted by atomic mass is 10.1. The molecule has 0 aliphatic carbocycles. The van der Waals surface area contributed by atoms with Crippen LogP contribution in [0, 0.1) is 5.82 Å². The highest BCUT2D eigenvalue weighted by Gasteiger charge is 1.98. The number of guanidine groups is 1. The van der Waals surface area contributed by atoms with Crippen LogP contribution in [0.25, 0.3) is 0 Å². The first-order valence-electron chi connectivity index (χ1n) is 8.59. The van der Waals surface area contributed by atoms with Gasteiger partial charge in [0.2, 0.25) is 0 Å². The van der Waals surface area contributed by atoms with Gasteiger partial charge in [0.1, 0.15) is 5.82 Å². The van der Waals surface area contributed by atoms with E-state index in [2.05, 4.69) is 15.6 Å². The minimum atomic E-state index is -0.201. The van der Waals surface area contributed by atoms with Crippen molar-refractivity contribution >= 4 is 29.9 Å². The maximum absolute atomic E-state index is 12.9. The molecule has 0 aliphatic heterocycles. The summed E-state index contributed by atoms with van der Waals surface area (Å²) in [6, 6.07) is 6.60. The number of unbranched alkanes of at least 4 members (excludes halogenated alkanes) is 1. The van der Waals surface area contributed by atoms with Gasteiger partial charge >= 0.3 is 0 Å². The number of nitrogens with zero attached hydrogens (tertiary/aromatic N) is 1. The molecule has 0 saturated heterocycles. The molecule has 2 N–H and O–H groups in total. The Bertz CT molecular complexity index is 458. The van der Waals surface area contributed by atoms with Crippen LogP contribution in [-0.4, -0.2) is 52.5 Å². The fourth-order valence-electron chi connectivity index (χ4n) is 2.07. The fourth-order valence-corrected chi connectivity index (χ4v) is 2.07. The van der Waals surface area contributed by atoms with Crippen LogP contribution in [0.15, 0.2) is 29.3 Å². The molecule has 25 heavy (non-hydrogen) atoms. The van der Waals surface area contributed by atoms with Crippen molar-refractivity contribution in [2.75, 3.05) is 46.6 Å². The van der Waals surface area contributed by atoms with Crippen LogP contribution in [0.5, 0.6) is 0 Å². The topological polar surface area (TPSA) is 54.9 Å². The highest BCUT2D eigenvalue weighted by molar-refractivity contribution is 14.0. The lowest BCUT2D eigenvalue weighted by molar-refractivity contribution is 0.0690. The van der Waals surface area contributed by atoms with E-state index in [0.717, 1.165) is 57.0 Å². The third kappa shape index (κ3) is 13.0. The largest absolute Gasteiger partial charge is 0.382 e. The number of methoxy groups -OCH3 is 1. The highest BCUT2D eigenvalue weighted by Crippen LogP contribution is 2.02. The van der Waals surface area contributed by atoms with Gasteiger partial charge in [0.15, 0.2) is 5.96 Å². The summed E-state index contributed by atoms with van der Waals surface area (Å²) in [6.07, 6.45) is 2.81. The number of hydrogen-bond acceptors (Lipinski definition) is 3. The van der Waals surface area contributed by atoms with Crippen molar-refractivity contribution in [2.24, 2.45) is 4.99 Å². The quantitative estimate of drug-likeness (QED) is 0.215. The fraction of sp³-hybridized carbons (Fsp3) is 0.611. The summed E-state index contributed by atoms with van der Waals surface area (Å²) in [7, 11) is 1.67. The summed E-state index contributed by atoms with van der Waals surface area (Å²) in [5.74, 6) is 0.618. The third-order valence-corrected chi connectivity index (χ3v) is 3.36. The zero-order chi connectivity index (χ0) is 17.5. The first-order chi connectivity index (χ1) is 11.8. The molecule has 0 heterocycles. The molecular formula is C18H31FIN3O2. The number of nitrogens with one attached hydrogen (secondary N) is 2. The molecule has 0 fully saturated rings. The molecule has 1 rings (SSSR count). The van der Waals surface area contributed by atoms with Crippen molar-refractivity contribution in [1.82, 2.24) is 10.6 Å². The molecule has 1 aromatic carbocycles. The normalized spacial score (nSPS) is 11.1. The zero-order valence-electron chi connectivity index (χ0n) is 15.2. The number of rotatable bonds is 12.